The number of nitrogens with zero attached hydrogens (tertiary/aromatic N) is 1. The highest BCUT2D eigenvalue weighted by atomic mass is 35.5. The van der Waals surface area contributed by atoms with E-state index in [-0.39, 0.29) is 22.5 Å². The predicted molar refractivity (Wildman–Crippen MR) is 148 cm³/mol. The first kappa shape index (κ1) is 28.3. The molecule has 1 heterocycles. The lowest BCUT2D eigenvalue weighted by Gasteiger charge is -2.19. The van der Waals surface area contributed by atoms with Gasteiger partial charge in [-0.1, -0.05) is 41.4 Å². The Morgan fingerprint density at radius 2 is 1.57 bits per heavy atom. The van der Waals surface area contributed by atoms with Gasteiger partial charge in [-0.25, -0.2) is 12.4 Å². The molecule has 40 heavy (non-hydrogen) atoms. The molecule has 0 fully saturated rings. The van der Waals surface area contributed by atoms with Crippen LogP contribution in [0.5, 0.6) is 0 Å². The summed E-state index contributed by atoms with van der Waals surface area (Å²) in [6.45, 7) is 3.52. The van der Waals surface area contributed by atoms with E-state index in [0.717, 1.165) is 9.54 Å². The Balaban J connectivity index is 1.76. The van der Waals surface area contributed by atoms with Crippen molar-refractivity contribution in [3.8, 4) is 0 Å². The van der Waals surface area contributed by atoms with Gasteiger partial charge in [0, 0.05) is 27.7 Å². The van der Waals surface area contributed by atoms with Crippen molar-refractivity contribution in [2.45, 2.75) is 43.5 Å². The van der Waals surface area contributed by atoms with Gasteiger partial charge in [-0.05, 0) is 86.2 Å². The van der Waals surface area contributed by atoms with E-state index >= 15 is 0 Å². The summed E-state index contributed by atoms with van der Waals surface area (Å²) in [5.41, 5.74) is -2.55. The number of alkyl halides is 3. The summed E-state index contributed by atoms with van der Waals surface area (Å²) in [4.78, 5) is 0.0736. The lowest BCUT2D eigenvalue weighted by Crippen LogP contribution is -2.25. The zero-order chi connectivity index (χ0) is 29.0. The molecule has 3 aromatic carbocycles. The molecule has 5 rings (SSSR count). The Morgan fingerprint density at radius 3 is 2.25 bits per heavy atom. The van der Waals surface area contributed by atoms with Crippen LogP contribution in [-0.4, -0.2) is 26.3 Å². The minimum Gasteiger partial charge on any atom is -0.375 e. The predicted octanol–water partition coefficient (Wildman–Crippen LogP) is 7.22. The third-order valence-corrected chi connectivity index (χ3v) is 10.0. The van der Waals surface area contributed by atoms with Crippen LogP contribution in [0, 0.1) is 13.8 Å². The SMILES string of the molecule is Cc1ccc(S(=O)(=O)n2ccc3c4c(ccc32)C(OS(=O)(=O)C(F)(F)F)=C(c2cccc(Cl)c2C)CCC4)cc1. The van der Waals surface area contributed by atoms with Gasteiger partial charge < -0.3 is 4.18 Å². The standard InChI is InChI=1S/C28H23ClF3NO5S2/c1-17-9-11-19(12-10-17)39(34,35)33-16-15-22-21-6-3-7-23(20-5-4-8-25(29)18(20)2)27(24(21)13-14-26(22)33)38-40(36,37)28(30,31)32/h4-5,8-16H,3,6-7H2,1-2H3. The summed E-state index contributed by atoms with van der Waals surface area (Å²) in [5.74, 6) is -0.453. The third kappa shape index (κ3) is 4.80. The first-order valence-corrected chi connectivity index (χ1v) is 15.4. The topological polar surface area (TPSA) is 82.4 Å². The second-order valence-corrected chi connectivity index (χ2v) is 13.3. The third-order valence-electron chi connectivity index (χ3n) is 6.97. The molecule has 0 N–H and O–H groups in total. The number of benzene rings is 3. The highest BCUT2D eigenvalue weighted by molar-refractivity contribution is 7.90. The molecular formula is C28H23ClF3NO5S2. The molecule has 0 spiro atoms. The Morgan fingerprint density at radius 1 is 0.875 bits per heavy atom. The summed E-state index contributed by atoms with van der Waals surface area (Å²) < 4.78 is 97.8. The smallest absolute Gasteiger partial charge is 0.375 e. The summed E-state index contributed by atoms with van der Waals surface area (Å²) >= 11 is 6.29. The van der Waals surface area contributed by atoms with Gasteiger partial charge in [-0.3, -0.25) is 0 Å². The van der Waals surface area contributed by atoms with Gasteiger partial charge in [0.2, 0.25) is 0 Å². The highest BCUT2D eigenvalue weighted by Gasteiger charge is 2.49. The fraction of sp³-hybridized carbons (Fsp3) is 0.214. The summed E-state index contributed by atoms with van der Waals surface area (Å²) in [5, 5.41) is 0.823. The molecule has 0 atom stereocenters. The van der Waals surface area contributed by atoms with E-state index in [0.29, 0.717) is 45.5 Å². The first-order valence-electron chi connectivity index (χ1n) is 12.2. The molecule has 1 aliphatic carbocycles. The number of halogens is 4. The van der Waals surface area contributed by atoms with Gasteiger partial charge in [-0.15, -0.1) is 0 Å². The van der Waals surface area contributed by atoms with Crippen molar-refractivity contribution in [3.05, 3.63) is 99.7 Å². The average molecular weight is 610 g/mol. The van der Waals surface area contributed by atoms with Crippen molar-refractivity contribution in [2.75, 3.05) is 0 Å². The van der Waals surface area contributed by atoms with Crippen LogP contribution >= 0.6 is 11.6 Å². The largest absolute Gasteiger partial charge is 0.534 e. The molecular weight excluding hydrogens is 587 g/mol. The minimum atomic E-state index is -6.02. The maximum atomic E-state index is 13.5. The molecule has 1 aromatic heterocycles. The summed E-state index contributed by atoms with van der Waals surface area (Å²) in [6.07, 6.45) is 2.34. The zero-order valence-electron chi connectivity index (χ0n) is 21.3. The first-order chi connectivity index (χ1) is 18.7. The maximum absolute atomic E-state index is 13.5. The molecule has 210 valence electrons. The Kier molecular flexibility index (Phi) is 7.04. The number of fused-ring (bicyclic) bond motifs is 3. The van der Waals surface area contributed by atoms with Gasteiger partial charge >= 0.3 is 15.6 Å². The lowest BCUT2D eigenvalue weighted by atomic mass is 9.95. The van der Waals surface area contributed by atoms with E-state index in [4.69, 9.17) is 15.8 Å². The average Bonchev–Trinajstić information content (AvgIpc) is 3.25. The lowest BCUT2D eigenvalue weighted by molar-refractivity contribution is -0.0509. The van der Waals surface area contributed by atoms with Gasteiger partial charge in [0.15, 0.2) is 5.76 Å². The van der Waals surface area contributed by atoms with E-state index in [1.54, 1.807) is 43.3 Å². The second-order valence-electron chi connectivity index (χ2n) is 9.51. The van der Waals surface area contributed by atoms with E-state index in [2.05, 4.69) is 0 Å². The van der Waals surface area contributed by atoms with Crippen molar-refractivity contribution in [3.63, 3.8) is 0 Å². The van der Waals surface area contributed by atoms with E-state index in [9.17, 15) is 30.0 Å². The summed E-state index contributed by atoms with van der Waals surface area (Å²) in [6, 6.07) is 15.7. The zero-order valence-corrected chi connectivity index (χ0v) is 23.7. The van der Waals surface area contributed by atoms with E-state index < -0.39 is 31.4 Å². The van der Waals surface area contributed by atoms with Crippen molar-refractivity contribution >= 4 is 54.0 Å². The fourth-order valence-electron chi connectivity index (χ4n) is 4.93. The fourth-order valence-corrected chi connectivity index (χ4v) is 6.96. The van der Waals surface area contributed by atoms with E-state index in [1.165, 1.54) is 30.5 Å². The number of aromatic nitrogens is 1. The van der Waals surface area contributed by atoms with Crippen molar-refractivity contribution in [2.24, 2.45) is 0 Å². The summed E-state index contributed by atoms with van der Waals surface area (Å²) in [7, 11) is -10.0. The molecule has 0 unspecified atom stereocenters. The minimum absolute atomic E-state index is 0.0736. The van der Waals surface area contributed by atoms with Gasteiger partial charge in [-0.2, -0.15) is 21.6 Å². The second kappa shape index (κ2) is 9.97. The molecule has 4 aromatic rings. The van der Waals surface area contributed by atoms with Gasteiger partial charge in [0.05, 0.1) is 10.4 Å². The molecule has 0 saturated carbocycles. The Labute approximate surface area is 234 Å². The van der Waals surface area contributed by atoms with Gasteiger partial charge in [0.1, 0.15) is 0 Å². The quantitative estimate of drug-likeness (QED) is 0.176. The molecule has 6 nitrogen and oxygen atoms in total. The monoisotopic (exact) mass is 609 g/mol. The van der Waals surface area contributed by atoms with Crippen LogP contribution in [0.1, 0.15) is 40.7 Å². The molecule has 12 heteroatoms. The van der Waals surface area contributed by atoms with Crippen molar-refractivity contribution < 1.29 is 34.2 Å². The van der Waals surface area contributed by atoms with Gasteiger partial charge in [0.25, 0.3) is 10.0 Å². The van der Waals surface area contributed by atoms with Crippen LogP contribution < -0.4 is 0 Å². The molecule has 1 aliphatic rings. The number of hydrogen-bond donors (Lipinski definition) is 0. The molecule has 0 saturated heterocycles. The number of allylic oxidation sites excluding steroid dienone is 1. The number of hydrogen-bond acceptors (Lipinski definition) is 5. The molecule has 0 amide bonds. The maximum Gasteiger partial charge on any atom is 0.534 e. The van der Waals surface area contributed by atoms with Crippen LogP contribution in [-0.2, 0) is 30.7 Å². The normalized spacial score (nSPS) is 14.8. The molecule has 0 bridgehead atoms. The number of aryl methyl sites for hydroxylation is 2. The van der Waals surface area contributed by atoms with Crippen LogP contribution in [0.3, 0.4) is 0 Å². The van der Waals surface area contributed by atoms with Crippen molar-refractivity contribution in [1.29, 1.82) is 0 Å². The highest BCUT2D eigenvalue weighted by Crippen LogP contribution is 2.43. The van der Waals surface area contributed by atoms with Crippen molar-refractivity contribution in [1.82, 2.24) is 3.97 Å². The van der Waals surface area contributed by atoms with E-state index in [1.807, 2.05) is 6.92 Å². The Hall–Kier alpha value is -3.28. The van der Waals surface area contributed by atoms with Crippen LogP contribution in [0.25, 0.3) is 22.2 Å². The van der Waals surface area contributed by atoms with Crippen LogP contribution in [0.2, 0.25) is 5.02 Å². The van der Waals surface area contributed by atoms with Crippen LogP contribution in [0.15, 0.2) is 71.8 Å². The Bertz CT molecular complexity index is 1890. The number of rotatable bonds is 5. The molecule has 0 aliphatic heterocycles. The van der Waals surface area contributed by atoms with Crippen LogP contribution in [0.4, 0.5) is 13.2 Å². The molecule has 0 radical (unpaired) electrons.